The number of aromatic amines is 1. The van der Waals surface area contributed by atoms with E-state index in [4.69, 9.17) is 0 Å². The summed E-state index contributed by atoms with van der Waals surface area (Å²) in [6.45, 7) is 0. The third-order valence-electron chi connectivity index (χ3n) is 1.26. The molecule has 0 atom stereocenters. The number of hydrogen-bond donors (Lipinski definition) is 1. The van der Waals surface area contributed by atoms with E-state index < -0.39 is 0 Å². The second-order valence-electron chi connectivity index (χ2n) is 2.02. The van der Waals surface area contributed by atoms with Gasteiger partial charge in [0.15, 0.2) is 5.65 Å². The van der Waals surface area contributed by atoms with Crippen molar-refractivity contribution in [2.24, 2.45) is 0 Å². The summed E-state index contributed by atoms with van der Waals surface area (Å²) in [5, 5.41) is 7.30. The molecule has 0 radical (unpaired) electrons. The van der Waals surface area contributed by atoms with Gasteiger partial charge in [-0.15, -0.1) is 5.10 Å². The van der Waals surface area contributed by atoms with Crippen molar-refractivity contribution in [1.29, 1.82) is 0 Å². The molecule has 0 aliphatic rings. The van der Waals surface area contributed by atoms with Crippen molar-refractivity contribution in [1.82, 2.24) is 20.2 Å². The van der Waals surface area contributed by atoms with Crippen LogP contribution in [-0.2, 0) is 0 Å². The predicted octanol–water partition coefficient (Wildman–Crippen LogP) is -0.287. The molecule has 1 N–H and O–H groups in total. The van der Waals surface area contributed by atoms with Gasteiger partial charge in [0.2, 0.25) is 0 Å². The quantitative estimate of drug-likeness (QED) is 0.557. The zero-order valence-electron chi connectivity index (χ0n) is 5.48. The molecule has 0 unspecified atom stereocenters. The highest BCUT2D eigenvalue weighted by Crippen LogP contribution is 1.96. The van der Waals surface area contributed by atoms with Crippen LogP contribution in [-0.4, -0.2) is 20.2 Å². The van der Waals surface area contributed by atoms with E-state index >= 15 is 0 Å². The Bertz CT molecular complexity index is 436. The largest absolute Gasteiger partial charge is 0.318 e. The lowest BCUT2D eigenvalue weighted by Gasteiger charge is -1.90. The van der Waals surface area contributed by atoms with Gasteiger partial charge in [-0.3, -0.25) is 4.79 Å². The fraction of sp³-hybridized carbons (Fsp3) is 0. The highest BCUT2D eigenvalue weighted by molar-refractivity contribution is 5.67. The van der Waals surface area contributed by atoms with E-state index in [0.29, 0.717) is 11.2 Å². The zero-order chi connectivity index (χ0) is 7.68. The first-order valence-electron chi connectivity index (χ1n) is 3.03. The van der Waals surface area contributed by atoms with Crippen molar-refractivity contribution in [2.45, 2.75) is 0 Å². The summed E-state index contributed by atoms with van der Waals surface area (Å²) < 4.78 is 0. The molecule has 5 heteroatoms. The molecule has 0 bridgehead atoms. The number of nitrogens with zero attached hydrogens (tertiary/aromatic N) is 3. The first-order valence-corrected chi connectivity index (χ1v) is 3.03. The van der Waals surface area contributed by atoms with E-state index in [2.05, 4.69) is 20.2 Å². The van der Waals surface area contributed by atoms with Crippen molar-refractivity contribution in [3.8, 4) is 0 Å². The van der Waals surface area contributed by atoms with E-state index in [1.165, 1.54) is 12.4 Å². The van der Waals surface area contributed by atoms with Crippen LogP contribution in [0.25, 0.3) is 11.2 Å². The molecule has 0 spiro atoms. The molecule has 2 rings (SSSR count). The van der Waals surface area contributed by atoms with Crippen molar-refractivity contribution in [2.75, 3.05) is 0 Å². The highest BCUT2D eigenvalue weighted by atomic mass is 16.1. The minimum atomic E-state index is -0.231. The third-order valence-corrected chi connectivity index (χ3v) is 1.26. The van der Waals surface area contributed by atoms with Gasteiger partial charge in [0.05, 0.1) is 17.9 Å². The average molecular weight is 148 g/mol. The SMILES string of the molecule is O=c1cnc2nnccc2[nH]1. The van der Waals surface area contributed by atoms with Gasteiger partial charge >= 0.3 is 0 Å². The molecule has 11 heavy (non-hydrogen) atoms. The Morgan fingerprint density at radius 1 is 1.45 bits per heavy atom. The number of nitrogens with one attached hydrogen (secondary N) is 1. The Labute approximate surface area is 61.1 Å². The van der Waals surface area contributed by atoms with E-state index in [1.54, 1.807) is 6.07 Å². The van der Waals surface area contributed by atoms with Gasteiger partial charge < -0.3 is 4.98 Å². The van der Waals surface area contributed by atoms with Crippen molar-refractivity contribution in [3.05, 3.63) is 28.8 Å². The minimum Gasteiger partial charge on any atom is -0.318 e. The van der Waals surface area contributed by atoms with Gasteiger partial charge in [0.1, 0.15) is 0 Å². The van der Waals surface area contributed by atoms with Crippen LogP contribution in [0.1, 0.15) is 0 Å². The molecule has 0 fully saturated rings. The van der Waals surface area contributed by atoms with Crippen molar-refractivity contribution >= 4 is 11.2 Å². The van der Waals surface area contributed by atoms with Crippen LogP contribution in [0.15, 0.2) is 23.3 Å². The van der Waals surface area contributed by atoms with Crippen LogP contribution in [0.4, 0.5) is 0 Å². The third kappa shape index (κ3) is 0.958. The summed E-state index contributed by atoms with van der Waals surface area (Å²) in [5.74, 6) is 0. The standard InChI is InChI=1S/C6H4N4O/c11-5-3-7-6-4(9-5)1-2-8-10-6/h1-3H,(H,9,11). The first-order chi connectivity index (χ1) is 5.36. The average Bonchev–Trinajstić information content (AvgIpc) is 2.04. The maximum absolute atomic E-state index is 10.7. The Morgan fingerprint density at radius 3 is 3.27 bits per heavy atom. The summed E-state index contributed by atoms with van der Waals surface area (Å²) in [6, 6.07) is 1.65. The van der Waals surface area contributed by atoms with E-state index in [-0.39, 0.29) is 5.56 Å². The smallest absolute Gasteiger partial charge is 0.266 e. The van der Waals surface area contributed by atoms with Crippen LogP contribution >= 0.6 is 0 Å². The molecule has 0 aliphatic carbocycles. The molecular weight excluding hydrogens is 144 g/mol. The number of rotatable bonds is 0. The number of hydrogen-bond acceptors (Lipinski definition) is 4. The summed E-state index contributed by atoms with van der Waals surface area (Å²) in [5.41, 5.74) is 0.824. The fourth-order valence-corrected chi connectivity index (χ4v) is 0.802. The number of H-pyrrole nitrogens is 1. The van der Waals surface area contributed by atoms with Gasteiger partial charge in [0, 0.05) is 0 Å². The van der Waals surface area contributed by atoms with Gasteiger partial charge in [-0.05, 0) is 6.07 Å². The molecule has 2 heterocycles. The maximum Gasteiger partial charge on any atom is 0.266 e. The van der Waals surface area contributed by atoms with Gasteiger partial charge in [-0.25, -0.2) is 4.98 Å². The van der Waals surface area contributed by atoms with Crippen LogP contribution < -0.4 is 5.56 Å². The fourth-order valence-electron chi connectivity index (χ4n) is 0.802. The Hall–Kier alpha value is -1.78. The lowest BCUT2D eigenvalue weighted by Crippen LogP contribution is -2.05. The maximum atomic E-state index is 10.7. The van der Waals surface area contributed by atoms with Crippen LogP contribution in [0.5, 0.6) is 0 Å². The van der Waals surface area contributed by atoms with E-state index in [0.717, 1.165) is 0 Å². The van der Waals surface area contributed by atoms with Crippen LogP contribution in [0.3, 0.4) is 0 Å². The van der Waals surface area contributed by atoms with Gasteiger partial charge in [-0.1, -0.05) is 0 Å². The molecule has 0 aliphatic heterocycles. The minimum absolute atomic E-state index is 0.231. The molecule has 54 valence electrons. The lowest BCUT2D eigenvalue weighted by molar-refractivity contribution is 1.03. The Kier molecular flexibility index (Phi) is 1.15. The summed E-state index contributed by atoms with van der Waals surface area (Å²) >= 11 is 0. The Balaban J connectivity index is 2.94. The molecule has 2 aromatic rings. The van der Waals surface area contributed by atoms with Crippen molar-refractivity contribution in [3.63, 3.8) is 0 Å². The molecule has 0 aromatic carbocycles. The second-order valence-corrected chi connectivity index (χ2v) is 2.02. The number of fused-ring (bicyclic) bond motifs is 1. The summed E-state index contributed by atoms with van der Waals surface area (Å²) in [4.78, 5) is 17.0. The number of aromatic nitrogens is 4. The van der Waals surface area contributed by atoms with Crippen LogP contribution in [0, 0.1) is 0 Å². The van der Waals surface area contributed by atoms with E-state index in [9.17, 15) is 4.79 Å². The normalized spacial score (nSPS) is 10.2. The molecule has 0 amide bonds. The van der Waals surface area contributed by atoms with Crippen molar-refractivity contribution < 1.29 is 0 Å². The molecule has 0 saturated carbocycles. The van der Waals surface area contributed by atoms with E-state index in [1.807, 2.05) is 0 Å². The topological polar surface area (TPSA) is 71.5 Å². The monoisotopic (exact) mass is 148 g/mol. The van der Waals surface area contributed by atoms with Gasteiger partial charge in [-0.2, -0.15) is 5.10 Å². The Morgan fingerprint density at radius 2 is 2.36 bits per heavy atom. The second kappa shape index (κ2) is 2.12. The summed E-state index contributed by atoms with van der Waals surface area (Å²) in [7, 11) is 0. The molecular formula is C6H4N4O. The van der Waals surface area contributed by atoms with Gasteiger partial charge in [0.25, 0.3) is 5.56 Å². The lowest BCUT2D eigenvalue weighted by atomic mass is 10.5. The molecule has 2 aromatic heterocycles. The zero-order valence-corrected chi connectivity index (χ0v) is 5.48. The first kappa shape index (κ1) is 5.96. The summed E-state index contributed by atoms with van der Waals surface area (Å²) in [6.07, 6.45) is 2.68. The predicted molar refractivity (Wildman–Crippen MR) is 38.0 cm³/mol. The highest BCUT2D eigenvalue weighted by Gasteiger charge is 1.93. The molecule has 5 nitrogen and oxygen atoms in total. The molecule has 0 saturated heterocycles. The van der Waals surface area contributed by atoms with Crippen LogP contribution in [0.2, 0.25) is 0 Å².